The van der Waals surface area contributed by atoms with E-state index in [2.05, 4.69) is 0 Å². The predicted octanol–water partition coefficient (Wildman–Crippen LogP) is 4.37. The van der Waals surface area contributed by atoms with Crippen molar-refractivity contribution < 1.29 is 22.4 Å². The SMILES string of the molecule is O=C(c1ccc(F)c(C(F)(F)F)c1)C1Cc2ccccc21. The molecule has 0 amide bonds. The van der Waals surface area contributed by atoms with E-state index >= 15 is 0 Å². The maximum absolute atomic E-state index is 13.2. The predicted molar refractivity (Wildman–Crippen MR) is 68.6 cm³/mol. The van der Waals surface area contributed by atoms with Crippen LogP contribution in [0.15, 0.2) is 42.5 Å². The molecule has 21 heavy (non-hydrogen) atoms. The molecule has 108 valence electrons. The van der Waals surface area contributed by atoms with Gasteiger partial charge >= 0.3 is 6.18 Å². The van der Waals surface area contributed by atoms with Gasteiger partial charge in [0.05, 0.1) is 11.5 Å². The number of hydrogen-bond donors (Lipinski definition) is 0. The quantitative estimate of drug-likeness (QED) is 0.594. The average Bonchev–Trinajstić information content (AvgIpc) is 2.39. The second-order valence-electron chi connectivity index (χ2n) is 5.01. The second kappa shape index (κ2) is 4.69. The highest BCUT2D eigenvalue weighted by atomic mass is 19.4. The molecule has 0 aromatic heterocycles. The number of alkyl halides is 3. The molecule has 3 rings (SSSR count). The number of halogens is 4. The maximum atomic E-state index is 13.2. The molecule has 0 aliphatic heterocycles. The molecule has 0 saturated carbocycles. The van der Waals surface area contributed by atoms with E-state index in [0.29, 0.717) is 18.6 Å². The van der Waals surface area contributed by atoms with Gasteiger partial charge in [-0.05, 0) is 35.7 Å². The van der Waals surface area contributed by atoms with E-state index in [1.165, 1.54) is 0 Å². The number of carbonyl (C=O) groups excluding carboxylic acids is 1. The summed E-state index contributed by atoms with van der Waals surface area (Å²) in [6, 6.07) is 9.69. The molecule has 0 bridgehead atoms. The molecule has 1 aliphatic carbocycles. The lowest BCUT2D eigenvalue weighted by molar-refractivity contribution is -0.140. The lowest BCUT2D eigenvalue weighted by Gasteiger charge is -2.29. The highest BCUT2D eigenvalue weighted by Gasteiger charge is 2.37. The van der Waals surface area contributed by atoms with E-state index in [-0.39, 0.29) is 5.56 Å². The van der Waals surface area contributed by atoms with E-state index in [9.17, 15) is 22.4 Å². The number of carbonyl (C=O) groups is 1. The number of hydrogen-bond acceptors (Lipinski definition) is 1. The van der Waals surface area contributed by atoms with E-state index in [0.717, 1.165) is 17.2 Å². The fraction of sp³-hybridized carbons (Fsp3) is 0.188. The summed E-state index contributed by atoms with van der Waals surface area (Å²) in [5, 5.41) is 0. The van der Waals surface area contributed by atoms with Crippen LogP contribution < -0.4 is 0 Å². The highest BCUT2D eigenvalue weighted by molar-refractivity contribution is 6.02. The number of Topliss-reactive ketones (excluding diaryl/α,β-unsaturated/α-hetero) is 1. The van der Waals surface area contributed by atoms with Crippen LogP contribution in [0.25, 0.3) is 0 Å². The molecular formula is C16H10F4O. The first-order valence-electron chi connectivity index (χ1n) is 6.36. The third-order valence-electron chi connectivity index (χ3n) is 3.73. The molecular weight excluding hydrogens is 284 g/mol. The number of benzene rings is 2. The van der Waals surface area contributed by atoms with E-state index < -0.39 is 29.3 Å². The molecule has 0 saturated heterocycles. The summed E-state index contributed by atoms with van der Waals surface area (Å²) in [5.74, 6) is -2.21. The van der Waals surface area contributed by atoms with Gasteiger partial charge in [0.25, 0.3) is 0 Å². The topological polar surface area (TPSA) is 17.1 Å². The Morgan fingerprint density at radius 3 is 2.48 bits per heavy atom. The number of rotatable bonds is 2. The highest BCUT2D eigenvalue weighted by Crippen LogP contribution is 2.38. The summed E-state index contributed by atoms with van der Waals surface area (Å²) in [6.45, 7) is 0. The van der Waals surface area contributed by atoms with Crippen LogP contribution in [-0.4, -0.2) is 5.78 Å². The van der Waals surface area contributed by atoms with Crippen LogP contribution >= 0.6 is 0 Å². The zero-order chi connectivity index (χ0) is 15.2. The lowest BCUT2D eigenvalue weighted by Crippen LogP contribution is -2.25. The molecule has 2 aromatic carbocycles. The minimum atomic E-state index is -4.81. The number of ketones is 1. The van der Waals surface area contributed by atoms with Crippen LogP contribution in [0, 0.1) is 5.82 Å². The lowest BCUT2D eigenvalue weighted by atomic mass is 9.74. The first-order chi connectivity index (χ1) is 9.88. The molecule has 0 radical (unpaired) electrons. The average molecular weight is 294 g/mol. The minimum Gasteiger partial charge on any atom is -0.293 e. The van der Waals surface area contributed by atoms with Crippen LogP contribution in [0.1, 0.15) is 33.0 Å². The van der Waals surface area contributed by atoms with Gasteiger partial charge in [-0.15, -0.1) is 0 Å². The van der Waals surface area contributed by atoms with Gasteiger partial charge in [-0.2, -0.15) is 13.2 Å². The Morgan fingerprint density at radius 2 is 1.81 bits per heavy atom. The molecule has 1 atom stereocenters. The van der Waals surface area contributed by atoms with Crippen LogP contribution in [0.3, 0.4) is 0 Å². The van der Waals surface area contributed by atoms with Gasteiger partial charge in [0.2, 0.25) is 0 Å². The van der Waals surface area contributed by atoms with Gasteiger partial charge in [0, 0.05) is 5.56 Å². The molecule has 1 nitrogen and oxygen atoms in total. The van der Waals surface area contributed by atoms with Crippen molar-refractivity contribution in [2.75, 3.05) is 0 Å². The fourth-order valence-electron chi connectivity index (χ4n) is 2.59. The Hall–Kier alpha value is -2.17. The Morgan fingerprint density at radius 1 is 1.10 bits per heavy atom. The van der Waals surface area contributed by atoms with Crippen molar-refractivity contribution in [3.05, 3.63) is 70.5 Å². The Labute approximate surface area is 118 Å². The van der Waals surface area contributed by atoms with Crippen LogP contribution in [-0.2, 0) is 12.6 Å². The zero-order valence-electron chi connectivity index (χ0n) is 10.7. The minimum absolute atomic E-state index is 0.108. The Bertz CT molecular complexity index is 718. The summed E-state index contributed by atoms with van der Waals surface area (Å²) in [6.07, 6.45) is -4.30. The van der Waals surface area contributed by atoms with E-state index in [4.69, 9.17) is 0 Å². The standard InChI is InChI=1S/C16H10F4O/c17-14-6-5-10(8-13(14)16(18,19)20)15(21)12-7-9-3-1-2-4-11(9)12/h1-6,8,12H,7H2. The van der Waals surface area contributed by atoms with Crippen LogP contribution in [0.2, 0.25) is 0 Å². The van der Waals surface area contributed by atoms with Gasteiger partial charge in [-0.25, -0.2) is 4.39 Å². The molecule has 0 N–H and O–H groups in total. The Balaban J connectivity index is 1.94. The smallest absolute Gasteiger partial charge is 0.293 e. The first kappa shape index (κ1) is 13.8. The van der Waals surface area contributed by atoms with Gasteiger partial charge in [-0.3, -0.25) is 4.79 Å². The van der Waals surface area contributed by atoms with Crippen molar-refractivity contribution in [2.24, 2.45) is 0 Å². The van der Waals surface area contributed by atoms with Crippen molar-refractivity contribution >= 4 is 5.78 Å². The molecule has 0 fully saturated rings. The zero-order valence-corrected chi connectivity index (χ0v) is 10.7. The normalized spacial score (nSPS) is 17.0. The third kappa shape index (κ3) is 2.33. The van der Waals surface area contributed by atoms with E-state index in [1.54, 1.807) is 12.1 Å². The molecule has 5 heteroatoms. The van der Waals surface area contributed by atoms with Crippen LogP contribution in [0.4, 0.5) is 17.6 Å². The Kier molecular flexibility index (Phi) is 3.08. The summed E-state index contributed by atoms with van der Waals surface area (Å²) in [7, 11) is 0. The second-order valence-corrected chi connectivity index (χ2v) is 5.01. The summed E-state index contributed by atoms with van der Waals surface area (Å²) in [5.41, 5.74) is 0.346. The fourth-order valence-corrected chi connectivity index (χ4v) is 2.59. The summed E-state index contributed by atoms with van der Waals surface area (Å²) < 4.78 is 51.3. The van der Waals surface area contributed by atoms with Crippen molar-refractivity contribution in [3.8, 4) is 0 Å². The van der Waals surface area contributed by atoms with Gasteiger partial charge in [0.1, 0.15) is 5.82 Å². The maximum Gasteiger partial charge on any atom is 0.419 e. The molecule has 0 spiro atoms. The number of fused-ring (bicyclic) bond motifs is 1. The summed E-state index contributed by atoms with van der Waals surface area (Å²) >= 11 is 0. The van der Waals surface area contributed by atoms with Gasteiger partial charge < -0.3 is 0 Å². The van der Waals surface area contributed by atoms with Crippen LogP contribution in [0.5, 0.6) is 0 Å². The van der Waals surface area contributed by atoms with Crippen molar-refractivity contribution in [2.45, 2.75) is 18.5 Å². The van der Waals surface area contributed by atoms with Crippen molar-refractivity contribution in [1.82, 2.24) is 0 Å². The van der Waals surface area contributed by atoms with Crippen molar-refractivity contribution in [3.63, 3.8) is 0 Å². The largest absolute Gasteiger partial charge is 0.419 e. The molecule has 0 heterocycles. The van der Waals surface area contributed by atoms with Crippen molar-refractivity contribution in [1.29, 1.82) is 0 Å². The van der Waals surface area contributed by atoms with E-state index in [1.807, 2.05) is 12.1 Å². The van der Waals surface area contributed by atoms with Gasteiger partial charge in [0.15, 0.2) is 5.78 Å². The molecule has 1 unspecified atom stereocenters. The molecule has 2 aromatic rings. The first-order valence-corrected chi connectivity index (χ1v) is 6.36. The summed E-state index contributed by atoms with van der Waals surface area (Å²) in [4.78, 5) is 12.3. The third-order valence-corrected chi connectivity index (χ3v) is 3.73. The molecule has 1 aliphatic rings. The monoisotopic (exact) mass is 294 g/mol. The van der Waals surface area contributed by atoms with Gasteiger partial charge in [-0.1, -0.05) is 24.3 Å².